The molecule has 0 saturated carbocycles. The van der Waals surface area contributed by atoms with E-state index in [0.717, 1.165) is 22.9 Å². The van der Waals surface area contributed by atoms with Crippen LogP contribution in [0.25, 0.3) is 10.9 Å². The number of carbonyl (C=O) groups is 3. The highest BCUT2D eigenvalue weighted by molar-refractivity contribution is 6.36. The molecule has 0 radical (unpaired) electrons. The maximum atomic E-state index is 14.6. The van der Waals surface area contributed by atoms with Gasteiger partial charge >= 0.3 is 0 Å². The van der Waals surface area contributed by atoms with E-state index in [0.29, 0.717) is 17.8 Å². The van der Waals surface area contributed by atoms with Crippen molar-refractivity contribution in [1.82, 2.24) is 9.88 Å². The summed E-state index contributed by atoms with van der Waals surface area (Å²) in [7, 11) is 2.83. The van der Waals surface area contributed by atoms with Crippen LogP contribution in [0.4, 0.5) is 0 Å². The average Bonchev–Trinajstić information content (AvgIpc) is 3.51. The van der Waals surface area contributed by atoms with Gasteiger partial charge in [-0.3, -0.25) is 19.2 Å². The molecule has 4 heterocycles. The summed E-state index contributed by atoms with van der Waals surface area (Å²) in [5.74, 6) is -2.48. The Labute approximate surface area is 233 Å². The number of fused-ring (bicyclic) bond motifs is 1. The Bertz CT molecular complexity index is 1810. The summed E-state index contributed by atoms with van der Waals surface area (Å²) in [5, 5.41) is 3.77. The number of carbonyl (C=O) groups excluding carboxylic acids is 3. The largest absolute Gasteiger partial charge is 0.496 e. The molecule has 0 saturated heterocycles. The molecule has 1 amide bonds. The molecule has 1 unspecified atom stereocenters. The fourth-order valence-corrected chi connectivity index (χ4v) is 7.16. The van der Waals surface area contributed by atoms with Gasteiger partial charge in [-0.1, -0.05) is 36.7 Å². The van der Waals surface area contributed by atoms with Crippen molar-refractivity contribution in [3.8, 4) is 17.2 Å². The fraction of sp³-hybridized carbons (Fsp3) is 0.333. The Morgan fingerprint density at radius 1 is 1.05 bits per heavy atom. The summed E-state index contributed by atoms with van der Waals surface area (Å²) in [6.45, 7) is 2.26. The van der Waals surface area contributed by atoms with E-state index in [9.17, 15) is 19.2 Å². The first-order valence-corrected chi connectivity index (χ1v) is 13.5. The Kier molecular flexibility index (Phi) is 5.26. The maximum absolute atomic E-state index is 14.6. The van der Waals surface area contributed by atoms with Crippen molar-refractivity contribution in [2.45, 2.75) is 44.2 Å². The molecule has 7 rings (SSSR count). The van der Waals surface area contributed by atoms with E-state index < -0.39 is 29.0 Å². The summed E-state index contributed by atoms with van der Waals surface area (Å²) in [6.07, 6.45) is 0.821. The fourth-order valence-electron chi connectivity index (χ4n) is 6.90. The summed E-state index contributed by atoms with van der Waals surface area (Å²) in [5.41, 5.74) is 0.871. The van der Waals surface area contributed by atoms with Crippen molar-refractivity contribution in [3.05, 3.63) is 73.7 Å². The molecule has 1 aliphatic carbocycles. The molecule has 3 aliphatic heterocycles. The Hall–Kier alpha value is -4.11. The Morgan fingerprint density at radius 2 is 1.82 bits per heavy atom. The smallest absolute Gasteiger partial charge is 0.254 e. The average molecular weight is 561 g/mol. The van der Waals surface area contributed by atoms with Gasteiger partial charge in [-0.25, -0.2) is 0 Å². The second-order valence-corrected chi connectivity index (χ2v) is 11.1. The quantitative estimate of drug-likeness (QED) is 0.486. The van der Waals surface area contributed by atoms with Crippen LogP contribution in [0.3, 0.4) is 0 Å². The maximum Gasteiger partial charge on any atom is 0.254 e. The van der Waals surface area contributed by atoms with E-state index in [2.05, 4.69) is 5.32 Å². The predicted octanol–water partition coefficient (Wildman–Crippen LogP) is 3.71. The minimum atomic E-state index is -1.93. The van der Waals surface area contributed by atoms with E-state index in [1.807, 2.05) is 18.2 Å². The van der Waals surface area contributed by atoms with E-state index >= 15 is 0 Å². The van der Waals surface area contributed by atoms with Gasteiger partial charge in [-0.05, 0) is 29.9 Å². The van der Waals surface area contributed by atoms with Crippen molar-refractivity contribution < 1.29 is 28.6 Å². The number of benzene rings is 2. The lowest BCUT2D eigenvalue weighted by Crippen LogP contribution is -2.59. The van der Waals surface area contributed by atoms with Gasteiger partial charge in [0.05, 0.1) is 19.7 Å². The number of aryl methyl sites for hydroxylation is 2. The number of amides is 1. The van der Waals surface area contributed by atoms with Crippen LogP contribution in [0.1, 0.15) is 47.2 Å². The zero-order chi connectivity index (χ0) is 28.1. The number of Topliss-reactive ketones (excluding diaryl/α,β-unsaturated/α-hetero) is 2. The lowest BCUT2D eigenvalue weighted by molar-refractivity contribution is -0.131. The third-order valence-corrected chi connectivity index (χ3v) is 9.12. The predicted molar refractivity (Wildman–Crippen MR) is 145 cm³/mol. The number of rotatable bonds is 3. The summed E-state index contributed by atoms with van der Waals surface area (Å²) < 4.78 is 18.8. The molecular formula is C30H25ClN2O7. The van der Waals surface area contributed by atoms with Crippen molar-refractivity contribution in [2.75, 3.05) is 14.2 Å². The molecule has 1 aromatic heterocycles. The van der Waals surface area contributed by atoms with Crippen LogP contribution in [0.2, 0.25) is 5.02 Å². The van der Waals surface area contributed by atoms with Gasteiger partial charge in [0.1, 0.15) is 22.1 Å². The third kappa shape index (κ3) is 3.04. The van der Waals surface area contributed by atoms with Gasteiger partial charge in [0.25, 0.3) is 5.56 Å². The van der Waals surface area contributed by atoms with Crippen molar-refractivity contribution in [1.29, 1.82) is 0 Å². The number of methoxy groups -OCH3 is 2. The molecule has 9 nitrogen and oxygen atoms in total. The lowest BCUT2D eigenvalue weighted by atomic mass is 9.66. The molecule has 0 fully saturated rings. The Morgan fingerprint density at radius 3 is 2.58 bits per heavy atom. The van der Waals surface area contributed by atoms with Gasteiger partial charge in [0, 0.05) is 47.7 Å². The molecule has 10 heteroatoms. The number of ether oxygens (including phenoxy) is 3. The molecule has 0 bridgehead atoms. The highest BCUT2D eigenvalue weighted by Gasteiger charge is 2.63. The van der Waals surface area contributed by atoms with Gasteiger partial charge in [0.2, 0.25) is 23.1 Å². The first-order chi connectivity index (χ1) is 19.2. The minimum absolute atomic E-state index is 0.0231. The van der Waals surface area contributed by atoms with Gasteiger partial charge < -0.3 is 24.1 Å². The zero-order valence-electron chi connectivity index (χ0n) is 22.1. The minimum Gasteiger partial charge on any atom is -0.496 e. The van der Waals surface area contributed by atoms with E-state index in [1.165, 1.54) is 20.3 Å². The van der Waals surface area contributed by atoms with E-state index in [-0.39, 0.29) is 57.7 Å². The number of para-hydroxylation sites is 1. The zero-order valence-corrected chi connectivity index (χ0v) is 22.8. The first-order valence-electron chi connectivity index (χ1n) is 13.1. The summed E-state index contributed by atoms with van der Waals surface area (Å²) in [4.78, 5) is 55.4. The second-order valence-electron chi connectivity index (χ2n) is 10.8. The summed E-state index contributed by atoms with van der Waals surface area (Å²) >= 11 is 6.56. The number of nitrogens with one attached hydrogen (secondary N) is 1. The highest BCUT2D eigenvalue weighted by atomic mass is 35.5. The topological polar surface area (TPSA) is 113 Å². The third-order valence-electron chi connectivity index (χ3n) is 8.76. The molecule has 2 aromatic carbocycles. The second kappa shape index (κ2) is 8.44. The SMILES string of the molecule is COc1cc(OC)c2c(c1Cl)O[C@@]1(C(=O)C3=C(C[C@H]1C)NC(=O)CC3c1cc3cccc4c3n(c1=O)CC4)C2=O. The molecule has 204 valence electrons. The molecule has 3 atom stereocenters. The first kappa shape index (κ1) is 24.9. The van der Waals surface area contributed by atoms with E-state index in [4.69, 9.17) is 25.8 Å². The van der Waals surface area contributed by atoms with Crippen LogP contribution in [-0.4, -0.2) is 41.9 Å². The number of allylic oxidation sites excluding steroid dienone is 1. The molecular weight excluding hydrogens is 536 g/mol. The van der Waals surface area contributed by atoms with Crippen LogP contribution in [0.15, 0.2) is 46.4 Å². The molecule has 1 N–H and O–H groups in total. The van der Waals surface area contributed by atoms with E-state index in [1.54, 1.807) is 17.6 Å². The number of aromatic nitrogens is 1. The van der Waals surface area contributed by atoms with Gasteiger partial charge in [0.15, 0.2) is 5.75 Å². The molecule has 40 heavy (non-hydrogen) atoms. The number of hydrogen-bond donors (Lipinski definition) is 1. The van der Waals surface area contributed by atoms with Crippen molar-refractivity contribution >= 4 is 40.0 Å². The standard InChI is InChI=1S/C30H25ClN2O7/c1-13-9-18-22(27(35)30(13)28(36)23-19(38-2)12-20(39-3)24(31)26(23)40-30)16(11-21(34)32-18)17-10-15-6-4-5-14-7-8-33(25(14)15)29(17)37/h4-6,10,12-13,16H,7-9,11H2,1-3H3,(H,32,34)/t13-,16?,30+/m1/s1. The number of halogens is 1. The number of hydrogen-bond acceptors (Lipinski definition) is 7. The normalized spacial score (nSPS) is 24.8. The van der Waals surface area contributed by atoms with Gasteiger partial charge in [-0.2, -0.15) is 0 Å². The summed E-state index contributed by atoms with van der Waals surface area (Å²) in [6, 6.07) is 9.14. The molecule has 1 spiro atoms. The van der Waals surface area contributed by atoms with Crippen LogP contribution < -0.4 is 25.1 Å². The molecule has 3 aromatic rings. The number of ketones is 2. The van der Waals surface area contributed by atoms with Crippen molar-refractivity contribution in [3.63, 3.8) is 0 Å². The number of nitrogens with zero attached hydrogens (tertiary/aromatic N) is 1. The van der Waals surface area contributed by atoms with Crippen LogP contribution in [0, 0.1) is 5.92 Å². The van der Waals surface area contributed by atoms with Crippen molar-refractivity contribution in [2.24, 2.45) is 5.92 Å². The highest BCUT2D eigenvalue weighted by Crippen LogP contribution is 2.55. The lowest BCUT2D eigenvalue weighted by Gasteiger charge is -2.41. The Balaban J connectivity index is 1.41. The monoisotopic (exact) mass is 560 g/mol. The van der Waals surface area contributed by atoms with Crippen LogP contribution in [0.5, 0.6) is 17.2 Å². The molecule has 4 aliphatic rings. The van der Waals surface area contributed by atoms with Crippen LogP contribution >= 0.6 is 11.6 Å². The number of pyridine rings is 1. The van der Waals surface area contributed by atoms with Gasteiger partial charge in [-0.15, -0.1) is 0 Å². The van der Waals surface area contributed by atoms with Crippen LogP contribution in [-0.2, 0) is 22.6 Å².